The third-order valence-electron chi connectivity index (χ3n) is 0.889. The van der Waals surface area contributed by atoms with Crippen molar-refractivity contribution in [2.24, 2.45) is 16.5 Å². The predicted octanol–water partition coefficient (Wildman–Crippen LogP) is -1.34. The Morgan fingerprint density at radius 1 is 1.64 bits per heavy atom. The topological polar surface area (TPSA) is 93.9 Å². The van der Waals surface area contributed by atoms with E-state index in [0.717, 1.165) is 0 Å². The van der Waals surface area contributed by atoms with E-state index in [2.05, 4.69) is 4.99 Å². The molecule has 0 bridgehead atoms. The third kappa shape index (κ3) is 9.19. The molecule has 66 valence electrons. The van der Waals surface area contributed by atoms with Gasteiger partial charge in [0.1, 0.15) is 0 Å². The Hall–Kier alpha value is -0.810. The number of hydrogen-bond donors (Lipinski definition) is 3. The first kappa shape index (κ1) is 10.2. The number of aliphatic hydroxyl groups is 1. The Balaban J connectivity index is 3.09. The quantitative estimate of drug-likeness (QED) is 0.264. The Labute approximate surface area is 66.0 Å². The molecule has 1 atom stereocenters. The zero-order valence-corrected chi connectivity index (χ0v) is 6.66. The van der Waals surface area contributed by atoms with Crippen molar-refractivity contribution in [1.82, 2.24) is 0 Å². The number of aliphatic hydroxyl groups excluding tert-OH is 1. The van der Waals surface area contributed by atoms with Crippen LogP contribution in [0.15, 0.2) is 4.99 Å². The van der Waals surface area contributed by atoms with Crippen LogP contribution >= 0.6 is 0 Å². The van der Waals surface area contributed by atoms with Gasteiger partial charge in [-0.05, 0) is 6.92 Å². The molecule has 5 N–H and O–H groups in total. The summed E-state index contributed by atoms with van der Waals surface area (Å²) in [5.41, 5.74) is 10.1. The lowest BCUT2D eigenvalue weighted by Gasteiger charge is -2.03. The summed E-state index contributed by atoms with van der Waals surface area (Å²) in [6.45, 7) is 2.85. The van der Waals surface area contributed by atoms with E-state index in [4.69, 9.17) is 21.3 Å². The van der Waals surface area contributed by atoms with Gasteiger partial charge < -0.3 is 21.3 Å². The Bertz CT molecular complexity index is 121. The molecule has 5 heteroatoms. The van der Waals surface area contributed by atoms with E-state index in [1.807, 2.05) is 0 Å². The second kappa shape index (κ2) is 5.94. The summed E-state index contributed by atoms with van der Waals surface area (Å²) >= 11 is 0. The maximum atomic E-state index is 8.75. The number of ether oxygens (including phenoxy) is 1. The lowest BCUT2D eigenvalue weighted by molar-refractivity contribution is 0.0501. The van der Waals surface area contributed by atoms with E-state index in [9.17, 15) is 0 Å². The van der Waals surface area contributed by atoms with Crippen molar-refractivity contribution in [3.05, 3.63) is 0 Å². The summed E-state index contributed by atoms with van der Waals surface area (Å²) in [6.07, 6.45) is -0.436. The van der Waals surface area contributed by atoms with Gasteiger partial charge >= 0.3 is 0 Å². The van der Waals surface area contributed by atoms with Gasteiger partial charge in [-0.25, -0.2) is 0 Å². The van der Waals surface area contributed by atoms with E-state index in [0.29, 0.717) is 19.8 Å². The molecule has 0 fully saturated rings. The van der Waals surface area contributed by atoms with Gasteiger partial charge in [0, 0.05) is 0 Å². The van der Waals surface area contributed by atoms with Crippen molar-refractivity contribution in [2.45, 2.75) is 13.0 Å². The van der Waals surface area contributed by atoms with Gasteiger partial charge in [0.25, 0.3) is 0 Å². The molecule has 0 amide bonds. The number of nitrogens with two attached hydrogens (primary N) is 2. The molecule has 0 saturated carbocycles. The summed E-state index contributed by atoms with van der Waals surface area (Å²) < 4.78 is 4.98. The summed E-state index contributed by atoms with van der Waals surface area (Å²) in [7, 11) is 0. The zero-order chi connectivity index (χ0) is 8.69. The number of aliphatic imine (C=N–C) groups is 1. The van der Waals surface area contributed by atoms with Gasteiger partial charge in [-0.15, -0.1) is 0 Å². The molecule has 0 heterocycles. The molecule has 11 heavy (non-hydrogen) atoms. The van der Waals surface area contributed by atoms with E-state index in [1.165, 1.54) is 0 Å². The lowest BCUT2D eigenvalue weighted by atomic mass is 10.4. The maximum absolute atomic E-state index is 8.75. The van der Waals surface area contributed by atoms with Crippen molar-refractivity contribution < 1.29 is 9.84 Å². The van der Waals surface area contributed by atoms with E-state index < -0.39 is 6.10 Å². The molecule has 0 aliphatic carbocycles. The first-order chi connectivity index (χ1) is 5.13. The van der Waals surface area contributed by atoms with Crippen LogP contribution in [0.3, 0.4) is 0 Å². The molecule has 1 unspecified atom stereocenters. The first-order valence-electron chi connectivity index (χ1n) is 3.44. The number of hydrogen-bond acceptors (Lipinski definition) is 3. The molecular weight excluding hydrogens is 146 g/mol. The third-order valence-corrected chi connectivity index (χ3v) is 0.889. The minimum Gasteiger partial charge on any atom is -0.391 e. The van der Waals surface area contributed by atoms with Crippen molar-refractivity contribution >= 4 is 5.96 Å². The van der Waals surface area contributed by atoms with E-state index in [-0.39, 0.29) is 5.96 Å². The summed E-state index contributed by atoms with van der Waals surface area (Å²) in [5.74, 6) is 0.0608. The largest absolute Gasteiger partial charge is 0.391 e. The highest BCUT2D eigenvalue weighted by Crippen LogP contribution is 1.82. The summed E-state index contributed by atoms with van der Waals surface area (Å²) in [4.78, 5) is 3.69. The molecule has 0 saturated heterocycles. The molecular formula is C6H15N3O2. The standard InChI is InChI=1S/C6H15N3O2/c1-5(10)4-11-3-2-9-6(7)8/h5,10H,2-4H2,1H3,(H4,7,8,9). The first-order valence-corrected chi connectivity index (χ1v) is 3.44. The fraction of sp³-hybridized carbons (Fsp3) is 0.833. The maximum Gasteiger partial charge on any atom is 0.185 e. The van der Waals surface area contributed by atoms with Crippen LogP contribution in [0, 0.1) is 0 Å². The highest BCUT2D eigenvalue weighted by molar-refractivity contribution is 5.75. The molecule has 0 rings (SSSR count). The predicted molar refractivity (Wildman–Crippen MR) is 43.2 cm³/mol. The molecule has 5 nitrogen and oxygen atoms in total. The SMILES string of the molecule is CC(O)COCCN=C(N)N. The van der Waals surface area contributed by atoms with E-state index in [1.54, 1.807) is 6.92 Å². The van der Waals surface area contributed by atoms with Gasteiger partial charge in [0.15, 0.2) is 5.96 Å². The fourth-order valence-electron chi connectivity index (χ4n) is 0.493. The van der Waals surface area contributed by atoms with Gasteiger partial charge in [-0.3, -0.25) is 4.99 Å². The minimum absolute atomic E-state index is 0.0608. The van der Waals surface area contributed by atoms with Crippen molar-refractivity contribution in [1.29, 1.82) is 0 Å². The highest BCUT2D eigenvalue weighted by atomic mass is 16.5. The average Bonchev–Trinajstić information content (AvgIpc) is 1.85. The molecule has 0 aromatic rings. The van der Waals surface area contributed by atoms with Crippen LogP contribution in [0.4, 0.5) is 0 Å². The molecule has 0 aliphatic heterocycles. The fourth-order valence-corrected chi connectivity index (χ4v) is 0.493. The molecule has 0 aromatic carbocycles. The number of guanidine groups is 1. The van der Waals surface area contributed by atoms with Gasteiger partial charge in [0.2, 0.25) is 0 Å². The van der Waals surface area contributed by atoms with Crippen LogP contribution in [0.5, 0.6) is 0 Å². The average molecular weight is 161 g/mol. The second-order valence-electron chi connectivity index (χ2n) is 2.23. The smallest absolute Gasteiger partial charge is 0.185 e. The molecule has 0 spiro atoms. The van der Waals surface area contributed by atoms with Gasteiger partial charge in [-0.2, -0.15) is 0 Å². The van der Waals surface area contributed by atoms with Crippen molar-refractivity contribution in [3.63, 3.8) is 0 Å². The number of nitrogens with zero attached hydrogens (tertiary/aromatic N) is 1. The normalized spacial score (nSPS) is 12.5. The van der Waals surface area contributed by atoms with E-state index >= 15 is 0 Å². The Morgan fingerprint density at radius 3 is 2.73 bits per heavy atom. The van der Waals surface area contributed by atoms with Crippen LogP contribution in [-0.4, -0.2) is 36.9 Å². The Kier molecular flexibility index (Phi) is 5.50. The lowest BCUT2D eigenvalue weighted by Crippen LogP contribution is -2.23. The number of rotatable bonds is 5. The van der Waals surface area contributed by atoms with Crippen LogP contribution in [0.1, 0.15) is 6.92 Å². The summed E-state index contributed by atoms with van der Waals surface area (Å²) in [5, 5.41) is 8.75. The minimum atomic E-state index is -0.436. The van der Waals surface area contributed by atoms with Crippen LogP contribution in [0.2, 0.25) is 0 Å². The highest BCUT2D eigenvalue weighted by Gasteiger charge is 1.93. The second-order valence-corrected chi connectivity index (χ2v) is 2.23. The van der Waals surface area contributed by atoms with Crippen LogP contribution in [-0.2, 0) is 4.74 Å². The van der Waals surface area contributed by atoms with Gasteiger partial charge in [-0.1, -0.05) is 0 Å². The Morgan fingerprint density at radius 2 is 2.27 bits per heavy atom. The van der Waals surface area contributed by atoms with Gasteiger partial charge in [0.05, 0.1) is 25.9 Å². The molecule has 0 aliphatic rings. The van der Waals surface area contributed by atoms with Crippen molar-refractivity contribution in [3.8, 4) is 0 Å². The zero-order valence-electron chi connectivity index (χ0n) is 6.66. The summed E-state index contributed by atoms with van der Waals surface area (Å²) in [6, 6.07) is 0. The van der Waals surface area contributed by atoms with Crippen molar-refractivity contribution in [2.75, 3.05) is 19.8 Å². The van der Waals surface area contributed by atoms with Crippen LogP contribution in [0.25, 0.3) is 0 Å². The van der Waals surface area contributed by atoms with Crippen LogP contribution < -0.4 is 11.5 Å². The molecule has 0 aromatic heterocycles. The molecule has 0 radical (unpaired) electrons. The monoisotopic (exact) mass is 161 g/mol.